The summed E-state index contributed by atoms with van der Waals surface area (Å²) < 4.78 is 5.09. The highest BCUT2D eigenvalue weighted by atomic mass is 16.5. The summed E-state index contributed by atoms with van der Waals surface area (Å²) in [7, 11) is 1.59. The van der Waals surface area contributed by atoms with Gasteiger partial charge < -0.3 is 15.2 Å². The van der Waals surface area contributed by atoms with Gasteiger partial charge in [0.1, 0.15) is 0 Å². The van der Waals surface area contributed by atoms with Gasteiger partial charge in [-0.3, -0.25) is 4.79 Å². The predicted molar refractivity (Wildman–Crippen MR) is 75.0 cm³/mol. The molecule has 0 unspecified atom stereocenters. The number of aliphatic hydroxyl groups is 1. The summed E-state index contributed by atoms with van der Waals surface area (Å²) in [6.07, 6.45) is 0. The Morgan fingerprint density at radius 3 is 2.37 bits per heavy atom. The van der Waals surface area contributed by atoms with E-state index in [-0.39, 0.29) is 5.91 Å². The number of carbonyl (C=O) groups excluding carboxylic acids is 1. The lowest BCUT2D eigenvalue weighted by Gasteiger charge is -2.38. The minimum absolute atomic E-state index is 0.209. The van der Waals surface area contributed by atoms with Crippen molar-refractivity contribution in [3.8, 4) is 0 Å². The molecule has 2 N–H and O–H groups in total. The van der Waals surface area contributed by atoms with Crippen molar-refractivity contribution in [1.82, 2.24) is 5.32 Å². The van der Waals surface area contributed by atoms with Crippen LogP contribution < -0.4 is 5.32 Å². The molecule has 0 aliphatic heterocycles. The zero-order valence-corrected chi connectivity index (χ0v) is 12.3. The van der Waals surface area contributed by atoms with Crippen molar-refractivity contribution >= 4 is 5.91 Å². The topological polar surface area (TPSA) is 58.6 Å². The monoisotopic (exact) mass is 265 g/mol. The highest BCUT2D eigenvalue weighted by Crippen LogP contribution is 2.21. The van der Waals surface area contributed by atoms with E-state index in [0.717, 1.165) is 5.56 Å². The Morgan fingerprint density at radius 2 is 1.84 bits per heavy atom. The molecule has 19 heavy (non-hydrogen) atoms. The molecule has 4 nitrogen and oxygen atoms in total. The number of ether oxygens (including phenoxy) is 1. The first kappa shape index (κ1) is 15.7. The van der Waals surface area contributed by atoms with Crippen molar-refractivity contribution in [2.24, 2.45) is 0 Å². The lowest BCUT2D eigenvalue weighted by Crippen LogP contribution is -2.57. The normalized spacial score (nSPS) is 12.3. The van der Waals surface area contributed by atoms with E-state index in [1.54, 1.807) is 40.9 Å². The average Bonchev–Trinajstić information content (AvgIpc) is 2.28. The van der Waals surface area contributed by atoms with Crippen molar-refractivity contribution in [3.05, 3.63) is 35.4 Å². The van der Waals surface area contributed by atoms with Crippen LogP contribution in [-0.4, -0.2) is 29.3 Å². The van der Waals surface area contributed by atoms with E-state index in [2.05, 4.69) is 5.32 Å². The lowest BCUT2D eigenvalue weighted by molar-refractivity contribution is -0.00297. The molecule has 106 valence electrons. The molecule has 0 spiro atoms. The molecule has 1 aromatic carbocycles. The molecule has 0 bridgehead atoms. The molecule has 0 aromatic heterocycles. The van der Waals surface area contributed by atoms with Gasteiger partial charge in [0.2, 0.25) is 0 Å². The van der Waals surface area contributed by atoms with Gasteiger partial charge in [-0.15, -0.1) is 0 Å². The maximum Gasteiger partial charge on any atom is 0.252 e. The van der Waals surface area contributed by atoms with Crippen LogP contribution in [0.1, 0.15) is 43.6 Å². The van der Waals surface area contributed by atoms with Crippen LogP contribution in [0.2, 0.25) is 0 Å². The van der Waals surface area contributed by atoms with Gasteiger partial charge in [-0.05, 0) is 39.3 Å². The van der Waals surface area contributed by atoms with Gasteiger partial charge in [0, 0.05) is 12.7 Å². The third kappa shape index (κ3) is 3.78. The molecule has 0 heterocycles. The highest BCUT2D eigenvalue weighted by molar-refractivity contribution is 5.96. The van der Waals surface area contributed by atoms with E-state index in [1.165, 1.54) is 0 Å². The standard InChI is InChI=1S/C15H23NO3/c1-14(2,15(3,4)18)16-13(17)12-9-7-6-8-11(12)10-19-5/h6-9,18H,10H2,1-5H3,(H,16,17). The summed E-state index contributed by atoms with van der Waals surface area (Å²) in [6, 6.07) is 7.29. The molecule has 0 fully saturated rings. The summed E-state index contributed by atoms with van der Waals surface area (Å²) in [5.74, 6) is -0.209. The van der Waals surface area contributed by atoms with Gasteiger partial charge in [0.05, 0.1) is 17.7 Å². The molecule has 1 amide bonds. The summed E-state index contributed by atoms with van der Waals surface area (Å²) in [6.45, 7) is 7.32. The molecule has 0 saturated heterocycles. The average molecular weight is 265 g/mol. The molecule has 0 aliphatic rings. The van der Waals surface area contributed by atoms with Crippen LogP contribution >= 0.6 is 0 Å². The molecular formula is C15H23NO3. The van der Waals surface area contributed by atoms with Crippen LogP contribution in [0.15, 0.2) is 24.3 Å². The van der Waals surface area contributed by atoms with Crippen molar-refractivity contribution < 1.29 is 14.6 Å². The van der Waals surface area contributed by atoms with Gasteiger partial charge in [-0.2, -0.15) is 0 Å². The summed E-state index contributed by atoms with van der Waals surface area (Å²) in [5.41, 5.74) is -0.348. The van der Waals surface area contributed by atoms with E-state index in [9.17, 15) is 9.90 Å². The third-order valence-corrected chi connectivity index (χ3v) is 3.52. The Labute approximate surface area is 114 Å². The molecule has 0 aliphatic carbocycles. The summed E-state index contributed by atoms with van der Waals surface area (Å²) in [4.78, 5) is 12.3. The second-order valence-electron chi connectivity index (χ2n) is 5.73. The van der Waals surface area contributed by atoms with Gasteiger partial charge in [0.15, 0.2) is 0 Å². The zero-order valence-electron chi connectivity index (χ0n) is 12.3. The van der Waals surface area contributed by atoms with Crippen LogP contribution in [0.4, 0.5) is 0 Å². The molecule has 0 radical (unpaired) electrons. The Kier molecular flexibility index (Phi) is 4.71. The molecule has 1 aromatic rings. The largest absolute Gasteiger partial charge is 0.388 e. The van der Waals surface area contributed by atoms with E-state index in [1.807, 2.05) is 18.2 Å². The first-order valence-electron chi connectivity index (χ1n) is 6.31. The smallest absolute Gasteiger partial charge is 0.252 e. The first-order chi connectivity index (χ1) is 8.69. The van der Waals surface area contributed by atoms with Crippen LogP contribution in [-0.2, 0) is 11.3 Å². The Morgan fingerprint density at radius 1 is 1.26 bits per heavy atom. The minimum Gasteiger partial charge on any atom is -0.388 e. The zero-order chi connectivity index (χ0) is 14.7. The first-order valence-corrected chi connectivity index (χ1v) is 6.31. The van der Waals surface area contributed by atoms with Crippen LogP contribution in [0.3, 0.4) is 0 Å². The second kappa shape index (κ2) is 5.72. The fourth-order valence-corrected chi connectivity index (χ4v) is 1.53. The van der Waals surface area contributed by atoms with Crippen LogP contribution in [0.25, 0.3) is 0 Å². The number of amides is 1. The third-order valence-electron chi connectivity index (χ3n) is 3.52. The minimum atomic E-state index is -1.02. The Balaban J connectivity index is 2.96. The maximum absolute atomic E-state index is 12.3. The number of carbonyl (C=O) groups is 1. The number of hydrogen-bond acceptors (Lipinski definition) is 3. The van der Waals surface area contributed by atoms with Crippen molar-refractivity contribution in [3.63, 3.8) is 0 Å². The lowest BCUT2D eigenvalue weighted by atomic mass is 9.85. The number of benzene rings is 1. The van der Waals surface area contributed by atoms with Crippen molar-refractivity contribution in [2.75, 3.05) is 7.11 Å². The number of nitrogens with one attached hydrogen (secondary N) is 1. The van der Waals surface area contributed by atoms with Crippen molar-refractivity contribution in [1.29, 1.82) is 0 Å². The van der Waals surface area contributed by atoms with Gasteiger partial charge >= 0.3 is 0 Å². The molecular weight excluding hydrogens is 242 g/mol. The Hall–Kier alpha value is -1.39. The van der Waals surface area contributed by atoms with Gasteiger partial charge in [-0.25, -0.2) is 0 Å². The van der Waals surface area contributed by atoms with Crippen molar-refractivity contribution in [2.45, 2.75) is 45.4 Å². The molecule has 0 saturated carbocycles. The number of methoxy groups -OCH3 is 1. The SMILES string of the molecule is COCc1ccccc1C(=O)NC(C)(C)C(C)(C)O. The molecule has 0 atom stereocenters. The van der Waals surface area contributed by atoms with E-state index in [0.29, 0.717) is 12.2 Å². The quantitative estimate of drug-likeness (QED) is 0.857. The molecule has 1 rings (SSSR count). The van der Waals surface area contributed by atoms with Crippen LogP contribution in [0.5, 0.6) is 0 Å². The molecule has 4 heteroatoms. The summed E-state index contributed by atoms with van der Waals surface area (Å²) in [5, 5.41) is 12.9. The van der Waals surface area contributed by atoms with E-state index in [4.69, 9.17) is 4.74 Å². The van der Waals surface area contributed by atoms with E-state index >= 15 is 0 Å². The fraction of sp³-hybridized carbons (Fsp3) is 0.533. The summed E-state index contributed by atoms with van der Waals surface area (Å²) >= 11 is 0. The Bertz CT molecular complexity index is 447. The highest BCUT2D eigenvalue weighted by Gasteiger charge is 2.36. The van der Waals surface area contributed by atoms with Gasteiger partial charge in [-0.1, -0.05) is 18.2 Å². The second-order valence-corrected chi connectivity index (χ2v) is 5.73. The maximum atomic E-state index is 12.3. The predicted octanol–water partition coefficient (Wildman–Crippen LogP) is 2.11. The number of rotatable bonds is 5. The fourth-order valence-electron chi connectivity index (χ4n) is 1.53. The van der Waals surface area contributed by atoms with Crippen LogP contribution in [0, 0.1) is 0 Å². The number of hydrogen-bond donors (Lipinski definition) is 2. The van der Waals surface area contributed by atoms with E-state index < -0.39 is 11.1 Å². The van der Waals surface area contributed by atoms with Gasteiger partial charge in [0.25, 0.3) is 5.91 Å².